The molecule has 0 spiro atoms. The van der Waals surface area contributed by atoms with Crippen LogP contribution in [-0.2, 0) is 26.2 Å². The average Bonchev–Trinajstić information content (AvgIpc) is 3.44. The Morgan fingerprint density at radius 3 is 1.00 bits per heavy atom. The van der Waals surface area contributed by atoms with Crippen molar-refractivity contribution in [1.29, 1.82) is 0 Å². The second kappa shape index (κ2) is 28.0. The van der Waals surface area contributed by atoms with Crippen LogP contribution in [0.4, 0.5) is 0 Å². The fraction of sp³-hybridized carbons (Fsp3) is 0.765. The van der Waals surface area contributed by atoms with E-state index in [2.05, 4.69) is 53.7 Å². The van der Waals surface area contributed by atoms with Gasteiger partial charge < -0.3 is 24.8 Å². The molecule has 0 unspecified atom stereocenters. The summed E-state index contributed by atoms with van der Waals surface area (Å²) >= 11 is 0. The van der Waals surface area contributed by atoms with Gasteiger partial charge in [-0.1, -0.05) is 170 Å². The first-order chi connectivity index (χ1) is 16.6. The monoisotopic (exact) mass is 626 g/mol. The van der Waals surface area contributed by atoms with Gasteiger partial charge in [-0.3, -0.25) is 0 Å². The standard InChI is InChI=1S/2C17H29.2ClH.Zr/c2*1-4-7-10-15-13-16(11-8-5-2)17(14-15)12-9-6-3;;;/h2*4-13H2,1-3H3;2*1H;/q2*-1;;;+4/p-2. The summed E-state index contributed by atoms with van der Waals surface area (Å²) in [4.78, 5) is 0. The average molecular weight is 629 g/mol. The van der Waals surface area contributed by atoms with E-state index in [0.29, 0.717) is 0 Å². The van der Waals surface area contributed by atoms with Crippen LogP contribution in [0, 0.1) is 12.2 Å². The van der Waals surface area contributed by atoms with E-state index >= 15 is 0 Å². The van der Waals surface area contributed by atoms with Crippen molar-refractivity contribution in [2.24, 2.45) is 0 Å². The zero-order valence-corrected chi connectivity index (χ0v) is 29.4. The third kappa shape index (κ3) is 18.4. The van der Waals surface area contributed by atoms with Crippen molar-refractivity contribution in [3.8, 4) is 0 Å². The number of rotatable bonds is 18. The van der Waals surface area contributed by atoms with Crippen LogP contribution in [0.2, 0.25) is 0 Å². The summed E-state index contributed by atoms with van der Waals surface area (Å²) in [6.07, 6.45) is 33.6. The van der Waals surface area contributed by atoms with Gasteiger partial charge in [0.25, 0.3) is 0 Å². The summed E-state index contributed by atoms with van der Waals surface area (Å²) < 4.78 is 0. The van der Waals surface area contributed by atoms with Crippen LogP contribution in [0.3, 0.4) is 0 Å². The molecule has 0 aromatic rings. The van der Waals surface area contributed by atoms with Crippen LogP contribution in [0.1, 0.15) is 170 Å². The zero-order chi connectivity index (χ0) is 25.0. The number of hydrogen-bond donors (Lipinski definition) is 0. The molecule has 2 aliphatic carbocycles. The number of allylic oxidation sites excluding steroid dienone is 8. The number of halogens is 2. The van der Waals surface area contributed by atoms with Crippen molar-refractivity contribution in [3.05, 3.63) is 45.6 Å². The van der Waals surface area contributed by atoms with E-state index in [1.54, 1.807) is 33.4 Å². The van der Waals surface area contributed by atoms with Crippen molar-refractivity contribution in [2.45, 2.75) is 170 Å². The van der Waals surface area contributed by atoms with Crippen LogP contribution < -0.4 is 24.8 Å². The van der Waals surface area contributed by atoms with E-state index in [9.17, 15) is 0 Å². The Hall–Kier alpha value is 0.423. The SMILES string of the molecule is CCCCC1=[C-]C(CCCC)=C(CCCC)C1.CCCCC1=[C-]C(CCCC)=C(CCCC)C1.[Cl-].[Cl-].[Zr+4]. The molecule has 0 aromatic heterocycles. The molecule has 2 aliphatic rings. The molecule has 2 rings (SSSR count). The normalized spacial score (nSPS) is 14.3. The molecule has 0 heterocycles. The molecule has 0 nitrogen and oxygen atoms in total. The predicted octanol–water partition coefficient (Wildman–Crippen LogP) is 5.98. The van der Waals surface area contributed by atoms with Gasteiger partial charge in [0.1, 0.15) is 0 Å². The molecule has 3 heteroatoms. The molecule has 0 bridgehead atoms. The molecule has 0 saturated carbocycles. The molecule has 37 heavy (non-hydrogen) atoms. The van der Waals surface area contributed by atoms with Gasteiger partial charge in [-0.25, -0.2) is 34.4 Å². The van der Waals surface area contributed by atoms with Gasteiger partial charge in [0.05, 0.1) is 0 Å². The Bertz CT molecular complexity index is 611. The smallest absolute Gasteiger partial charge is 1.00 e. The second-order valence-electron chi connectivity index (χ2n) is 10.6. The van der Waals surface area contributed by atoms with Crippen molar-refractivity contribution in [2.75, 3.05) is 0 Å². The maximum absolute atomic E-state index is 3.72. The van der Waals surface area contributed by atoms with Gasteiger partial charge in [0, 0.05) is 0 Å². The van der Waals surface area contributed by atoms with Gasteiger partial charge in [0.2, 0.25) is 0 Å². The molecule has 0 atom stereocenters. The van der Waals surface area contributed by atoms with Gasteiger partial charge >= 0.3 is 26.2 Å². The van der Waals surface area contributed by atoms with E-state index in [0.717, 1.165) is 0 Å². The summed E-state index contributed by atoms with van der Waals surface area (Å²) in [5, 5.41) is 0. The fourth-order valence-corrected chi connectivity index (χ4v) is 4.95. The minimum absolute atomic E-state index is 0. The Labute approximate surface area is 265 Å². The molecule has 0 radical (unpaired) electrons. The maximum atomic E-state index is 3.72. The first-order valence-electron chi connectivity index (χ1n) is 15.3. The van der Waals surface area contributed by atoms with E-state index in [4.69, 9.17) is 0 Å². The molecule has 0 saturated heterocycles. The summed E-state index contributed by atoms with van der Waals surface area (Å²) in [6.45, 7) is 13.7. The molecular weight excluding hydrogens is 571 g/mol. The summed E-state index contributed by atoms with van der Waals surface area (Å²) in [7, 11) is 0. The molecule has 0 aliphatic heterocycles. The molecule has 0 aromatic carbocycles. The van der Waals surface area contributed by atoms with Crippen LogP contribution in [0.25, 0.3) is 0 Å². The molecule has 212 valence electrons. The zero-order valence-electron chi connectivity index (χ0n) is 25.4. The van der Waals surface area contributed by atoms with E-state index < -0.39 is 0 Å². The van der Waals surface area contributed by atoms with Crippen LogP contribution in [0.5, 0.6) is 0 Å². The first-order valence-corrected chi connectivity index (χ1v) is 15.3. The fourth-order valence-electron chi connectivity index (χ4n) is 4.95. The first kappa shape index (κ1) is 41.9. The maximum Gasteiger partial charge on any atom is 4.00 e. The van der Waals surface area contributed by atoms with Crippen molar-refractivity contribution in [3.63, 3.8) is 0 Å². The summed E-state index contributed by atoms with van der Waals surface area (Å²) in [5.74, 6) is 0. The van der Waals surface area contributed by atoms with Crippen LogP contribution in [0.15, 0.2) is 33.4 Å². The van der Waals surface area contributed by atoms with E-state index in [-0.39, 0.29) is 51.0 Å². The van der Waals surface area contributed by atoms with Crippen LogP contribution in [-0.4, -0.2) is 0 Å². The minimum Gasteiger partial charge on any atom is -1.00 e. The van der Waals surface area contributed by atoms with Crippen molar-refractivity contribution in [1.82, 2.24) is 0 Å². The molecular formula is C34H58Cl2Zr. The van der Waals surface area contributed by atoms with Crippen molar-refractivity contribution >= 4 is 0 Å². The Morgan fingerprint density at radius 1 is 0.432 bits per heavy atom. The third-order valence-electron chi connectivity index (χ3n) is 7.25. The minimum atomic E-state index is 0. The Balaban J connectivity index is -0.000000578. The quantitative estimate of drug-likeness (QED) is 0.164. The summed E-state index contributed by atoms with van der Waals surface area (Å²) in [5.41, 5.74) is 9.75. The molecule has 0 fully saturated rings. The van der Waals surface area contributed by atoms with E-state index in [1.807, 2.05) is 0 Å². The van der Waals surface area contributed by atoms with Gasteiger partial charge in [-0.15, -0.1) is 0 Å². The van der Waals surface area contributed by atoms with Gasteiger partial charge in [-0.05, 0) is 0 Å². The topological polar surface area (TPSA) is 0 Å². The predicted molar refractivity (Wildman–Crippen MR) is 154 cm³/mol. The van der Waals surface area contributed by atoms with E-state index in [1.165, 1.54) is 128 Å². The Kier molecular flexibility index (Phi) is 31.7. The third-order valence-corrected chi connectivity index (χ3v) is 7.25. The van der Waals surface area contributed by atoms with Crippen molar-refractivity contribution < 1.29 is 51.0 Å². The molecule has 0 N–H and O–H groups in total. The number of hydrogen-bond acceptors (Lipinski definition) is 0. The Morgan fingerprint density at radius 2 is 0.703 bits per heavy atom. The second-order valence-corrected chi connectivity index (χ2v) is 10.6. The van der Waals surface area contributed by atoms with Crippen LogP contribution >= 0.6 is 0 Å². The van der Waals surface area contributed by atoms with Gasteiger partial charge in [-0.2, -0.15) is 11.1 Å². The summed E-state index contributed by atoms with van der Waals surface area (Å²) in [6, 6.07) is 0. The van der Waals surface area contributed by atoms with Gasteiger partial charge in [0.15, 0.2) is 0 Å². The largest absolute Gasteiger partial charge is 4.00 e. The molecule has 0 amide bonds. The number of unbranched alkanes of at least 4 members (excludes halogenated alkanes) is 6.